The minimum Gasteiger partial charge on any atom is -0.497 e. The molecule has 0 saturated heterocycles. The molecule has 1 N–H and O–H groups in total. The van der Waals surface area contributed by atoms with Crippen LogP contribution in [0.3, 0.4) is 0 Å². The van der Waals surface area contributed by atoms with Crippen LogP contribution in [0.25, 0.3) is 0 Å². The number of halogens is 1. The van der Waals surface area contributed by atoms with Gasteiger partial charge in [0.1, 0.15) is 5.75 Å². The topological polar surface area (TPSA) is 38.3 Å². The first-order valence-corrected chi connectivity index (χ1v) is 8.33. The van der Waals surface area contributed by atoms with Gasteiger partial charge in [-0.1, -0.05) is 28.1 Å². The van der Waals surface area contributed by atoms with Crippen LogP contribution in [-0.4, -0.2) is 12.9 Å². The molecule has 2 aromatic carbocycles. The van der Waals surface area contributed by atoms with Crippen molar-refractivity contribution in [1.29, 1.82) is 0 Å². The van der Waals surface area contributed by atoms with E-state index in [-0.39, 0.29) is 11.7 Å². The molecular weight excluding hydrogens is 354 g/mol. The quantitative estimate of drug-likeness (QED) is 0.830. The van der Waals surface area contributed by atoms with Crippen molar-refractivity contribution < 1.29 is 9.53 Å². The number of methoxy groups -OCH3 is 1. The van der Waals surface area contributed by atoms with E-state index in [4.69, 9.17) is 4.74 Å². The average molecular weight is 372 g/mol. The third-order valence-corrected chi connectivity index (χ3v) is 4.51. The Labute approximate surface area is 144 Å². The summed E-state index contributed by atoms with van der Waals surface area (Å²) in [4.78, 5) is 12.1. The summed E-state index contributed by atoms with van der Waals surface area (Å²) >= 11 is 3.43. The minimum atomic E-state index is 0.164. The first-order chi connectivity index (χ1) is 11.1. The Kier molecular flexibility index (Phi) is 4.82. The van der Waals surface area contributed by atoms with Crippen molar-refractivity contribution in [3.05, 3.63) is 70.3 Å². The predicted octanol–water partition coefficient (Wildman–Crippen LogP) is 4.90. The maximum atomic E-state index is 12.1. The predicted molar refractivity (Wildman–Crippen MR) is 95.8 cm³/mol. The van der Waals surface area contributed by atoms with Crippen molar-refractivity contribution >= 4 is 27.4 Å². The van der Waals surface area contributed by atoms with Gasteiger partial charge in [0.05, 0.1) is 7.11 Å². The molecule has 3 rings (SSSR count). The number of benzene rings is 2. The summed E-state index contributed by atoms with van der Waals surface area (Å²) in [5.74, 6) is 1.20. The van der Waals surface area contributed by atoms with Crippen LogP contribution in [0.5, 0.6) is 5.75 Å². The van der Waals surface area contributed by atoms with E-state index in [0.717, 1.165) is 28.0 Å². The first-order valence-electron chi connectivity index (χ1n) is 7.54. The van der Waals surface area contributed by atoms with Crippen molar-refractivity contribution in [2.24, 2.45) is 0 Å². The van der Waals surface area contributed by atoms with Crippen LogP contribution >= 0.6 is 15.9 Å². The third-order valence-electron chi connectivity index (χ3n) is 3.99. The van der Waals surface area contributed by atoms with Crippen molar-refractivity contribution in [1.82, 2.24) is 0 Å². The number of anilines is 1. The van der Waals surface area contributed by atoms with Crippen molar-refractivity contribution in [3.63, 3.8) is 0 Å². The number of ether oxygens (including phenoxy) is 1. The fourth-order valence-electron chi connectivity index (χ4n) is 2.81. The number of rotatable bonds is 4. The largest absolute Gasteiger partial charge is 0.497 e. The first kappa shape index (κ1) is 15.8. The molecule has 0 heterocycles. The Morgan fingerprint density at radius 3 is 2.39 bits per heavy atom. The van der Waals surface area contributed by atoms with Crippen molar-refractivity contribution in [2.45, 2.75) is 18.8 Å². The molecule has 0 radical (unpaired) electrons. The lowest BCUT2D eigenvalue weighted by Crippen LogP contribution is -2.16. The molecule has 2 aromatic rings. The third kappa shape index (κ3) is 4.02. The summed E-state index contributed by atoms with van der Waals surface area (Å²) in [6.45, 7) is 0. The molecule has 0 amide bonds. The van der Waals surface area contributed by atoms with Gasteiger partial charge in [-0.2, -0.15) is 0 Å². The summed E-state index contributed by atoms with van der Waals surface area (Å²) in [5.41, 5.74) is 3.12. The zero-order valence-electron chi connectivity index (χ0n) is 12.9. The lowest BCUT2D eigenvalue weighted by Gasteiger charge is -2.23. The normalized spacial score (nSPS) is 17.6. The van der Waals surface area contributed by atoms with Gasteiger partial charge in [-0.25, -0.2) is 0 Å². The molecule has 0 spiro atoms. The van der Waals surface area contributed by atoms with E-state index < -0.39 is 0 Å². The number of nitrogens with one attached hydrogen (secondary N) is 1. The molecule has 0 aliphatic heterocycles. The monoisotopic (exact) mass is 371 g/mol. The van der Waals surface area contributed by atoms with Crippen LogP contribution < -0.4 is 10.1 Å². The van der Waals surface area contributed by atoms with Gasteiger partial charge in [0.2, 0.25) is 0 Å². The van der Waals surface area contributed by atoms with Gasteiger partial charge in [0, 0.05) is 28.4 Å². The van der Waals surface area contributed by atoms with Crippen LogP contribution in [0.15, 0.2) is 64.8 Å². The van der Waals surface area contributed by atoms with Crippen molar-refractivity contribution in [2.75, 3.05) is 12.4 Å². The zero-order valence-corrected chi connectivity index (χ0v) is 14.5. The van der Waals surface area contributed by atoms with Crippen LogP contribution in [0.4, 0.5) is 5.69 Å². The van der Waals surface area contributed by atoms with E-state index in [9.17, 15) is 4.79 Å². The molecule has 4 heteroatoms. The maximum absolute atomic E-state index is 12.1. The Morgan fingerprint density at radius 2 is 1.74 bits per heavy atom. The number of carbonyl (C=O) groups excluding carboxylic acids is 1. The molecular formula is C19H18BrNO2. The molecule has 0 fully saturated rings. The fraction of sp³-hybridized carbons (Fsp3) is 0.211. The van der Waals surface area contributed by atoms with E-state index in [1.54, 1.807) is 13.2 Å². The average Bonchev–Trinajstić information content (AvgIpc) is 2.56. The van der Waals surface area contributed by atoms with Gasteiger partial charge in [-0.3, -0.25) is 4.79 Å². The number of hydrogen-bond donors (Lipinski definition) is 1. The van der Waals surface area contributed by atoms with E-state index in [0.29, 0.717) is 6.42 Å². The van der Waals surface area contributed by atoms with E-state index in [2.05, 4.69) is 21.2 Å². The second kappa shape index (κ2) is 7.01. The molecule has 0 aromatic heterocycles. The van der Waals surface area contributed by atoms with E-state index in [1.807, 2.05) is 48.5 Å². The lowest BCUT2D eigenvalue weighted by atomic mass is 9.85. The van der Waals surface area contributed by atoms with Gasteiger partial charge < -0.3 is 10.1 Å². The zero-order chi connectivity index (χ0) is 16.2. The van der Waals surface area contributed by atoms with Gasteiger partial charge in [0.25, 0.3) is 0 Å². The Balaban J connectivity index is 1.74. The Morgan fingerprint density at radius 1 is 1.04 bits per heavy atom. The van der Waals surface area contributed by atoms with Crippen LogP contribution in [-0.2, 0) is 4.79 Å². The Hall–Kier alpha value is -2.07. The highest BCUT2D eigenvalue weighted by Gasteiger charge is 2.22. The second-order valence-corrected chi connectivity index (χ2v) is 6.56. The van der Waals surface area contributed by atoms with Gasteiger partial charge in [0.15, 0.2) is 5.78 Å². The van der Waals surface area contributed by atoms with Gasteiger partial charge in [-0.15, -0.1) is 0 Å². The SMILES string of the molecule is COc1ccc(C2CC(=O)C=C(Nc3ccc(Br)cc3)C2)cc1. The number of allylic oxidation sites excluding steroid dienone is 2. The lowest BCUT2D eigenvalue weighted by molar-refractivity contribution is -0.115. The molecule has 3 nitrogen and oxygen atoms in total. The van der Waals surface area contributed by atoms with E-state index in [1.165, 1.54) is 5.56 Å². The highest BCUT2D eigenvalue weighted by Crippen LogP contribution is 2.32. The standard InChI is InChI=1S/C19H18BrNO2/c1-23-19-8-2-13(3-9-19)14-10-17(12-18(22)11-14)21-16-6-4-15(20)5-7-16/h2-9,12,14,21H,10-11H2,1H3. The molecule has 0 saturated carbocycles. The summed E-state index contributed by atoms with van der Waals surface area (Å²) in [6, 6.07) is 15.9. The van der Waals surface area contributed by atoms with Crippen molar-refractivity contribution in [3.8, 4) is 5.75 Å². The fourth-order valence-corrected chi connectivity index (χ4v) is 3.07. The summed E-state index contributed by atoms with van der Waals surface area (Å²) in [7, 11) is 1.65. The second-order valence-electron chi connectivity index (χ2n) is 5.65. The Bertz CT molecular complexity index is 720. The molecule has 1 aliphatic carbocycles. The van der Waals surface area contributed by atoms with Crippen LogP contribution in [0.2, 0.25) is 0 Å². The number of ketones is 1. The molecule has 23 heavy (non-hydrogen) atoms. The summed E-state index contributed by atoms with van der Waals surface area (Å²) < 4.78 is 6.23. The molecule has 118 valence electrons. The van der Waals surface area contributed by atoms with Crippen LogP contribution in [0.1, 0.15) is 24.3 Å². The number of hydrogen-bond acceptors (Lipinski definition) is 3. The highest BCUT2D eigenvalue weighted by molar-refractivity contribution is 9.10. The molecule has 1 atom stereocenters. The minimum absolute atomic E-state index is 0.164. The van der Waals surface area contributed by atoms with Gasteiger partial charge in [-0.05, 0) is 54.3 Å². The van der Waals surface area contributed by atoms with Gasteiger partial charge >= 0.3 is 0 Å². The maximum Gasteiger partial charge on any atom is 0.158 e. The molecule has 1 unspecified atom stereocenters. The highest BCUT2D eigenvalue weighted by atomic mass is 79.9. The molecule has 1 aliphatic rings. The van der Waals surface area contributed by atoms with Crippen LogP contribution in [0, 0.1) is 0 Å². The summed E-state index contributed by atoms with van der Waals surface area (Å²) in [6.07, 6.45) is 3.11. The summed E-state index contributed by atoms with van der Waals surface area (Å²) in [5, 5.41) is 3.36. The number of carbonyl (C=O) groups is 1. The molecule has 0 bridgehead atoms. The smallest absolute Gasteiger partial charge is 0.158 e. The van der Waals surface area contributed by atoms with E-state index >= 15 is 0 Å².